The molecular weight excluding hydrogens is 242 g/mol. The van der Waals surface area contributed by atoms with E-state index in [9.17, 15) is 8.42 Å². The lowest BCUT2D eigenvalue weighted by Crippen LogP contribution is -2.37. The largest absolute Gasteiger partial charge is 0.364 e. The first-order valence-corrected chi connectivity index (χ1v) is 7.38. The quantitative estimate of drug-likeness (QED) is 0.783. The van der Waals surface area contributed by atoms with Crippen molar-refractivity contribution in [2.45, 2.75) is 19.4 Å². The summed E-state index contributed by atoms with van der Waals surface area (Å²) in [6, 6.07) is 1.64. The average molecular weight is 259 g/mol. The van der Waals surface area contributed by atoms with E-state index in [0.717, 1.165) is 25.9 Å². The van der Waals surface area contributed by atoms with Crippen molar-refractivity contribution in [3.05, 3.63) is 18.0 Å². The summed E-state index contributed by atoms with van der Waals surface area (Å²) < 4.78 is 30.8. The van der Waals surface area contributed by atoms with Gasteiger partial charge in [0.2, 0.25) is 10.0 Å². The average Bonchev–Trinajstić information content (AvgIpc) is 2.80. The zero-order valence-corrected chi connectivity index (χ0v) is 10.4. The predicted octanol–water partition coefficient (Wildman–Crippen LogP) is 0.0936. The normalized spacial score (nSPS) is 21.5. The van der Waals surface area contributed by atoms with E-state index in [1.54, 1.807) is 6.07 Å². The van der Waals surface area contributed by atoms with Gasteiger partial charge in [0, 0.05) is 6.07 Å². The Kier molecular flexibility index (Phi) is 4.14. The van der Waals surface area contributed by atoms with Crippen LogP contribution in [0.15, 0.2) is 16.9 Å². The van der Waals surface area contributed by atoms with E-state index in [-0.39, 0.29) is 18.2 Å². The van der Waals surface area contributed by atoms with Crippen LogP contribution < -0.4 is 10.0 Å². The fourth-order valence-electron chi connectivity index (χ4n) is 1.95. The third-order valence-electron chi connectivity index (χ3n) is 2.82. The topological polar surface area (TPSA) is 84.2 Å². The third kappa shape index (κ3) is 4.10. The molecule has 0 amide bonds. The second-order valence-corrected chi connectivity index (χ2v) is 6.16. The number of hydrogen-bond acceptors (Lipinski definition) is 5. The third-order valence-corrected chi connectivity index (χ3v) is 4.31. The highest BCUT2D eigenvalue weighted by atomic mass is 32.2. The summed E-state index contributed by atoms with van der Waals surface area (Å²) >= 11 is 0. The minimum Gasteiger partial charge on any atom is -0.364 e. The maximum atomic E-state index is 11.8. The molecule has 0 aliphatic carbocycles. The van der Waals surface area contributed by atoms with E-state index in [1.165, 1.54) is 6.26 Å². The Morgan fingerprint density at radius 3 is 3.12 bits per heavy atom. The number of piperidine rings is 1. The number of nitrogens with zero attached hydrogens (tertiary/aromatic N) is 1. The van der Waals surface area contributed by atoms with Gasteiger partial charge >= 0.3 is 0 Å². The highest BCUT2D eigenvalue weighted by Crippen LogP contribution is 2.12. The van der Waals surface area contributed by atoms with Crippen LogP contribution in [0.25, 0.3) is 0 Å². The second kappa shape index (κ2) is 5.61. The van der Waals surface area contributed by atoms with Gasteiger partial charge in [-0.2, -0.15) is 0 Å². The van der Waals surface area contributed by atoms with Gasteiger partial charge in [-0.25, -0.2) is 13.1 Å². The van der Waals surface area contributed by atoms with E-state index in [2.05, 4.69) is 19.7 Å². The lowest BCUT2D eigenvalue weighted by Gasteiger charge is -2.22. The summed E-state index contributed by atoms with van der Waals surface area (Å²) in [6.07, 6.45) is 3.44. The van der Waals surface area contributed by atoms with Crippen molar-refractivity contribution in [3.8, 4) is 0 Å². The zero-order chi connectivity index (χ0) is 12.1. The van der Waals surface area contributed by atoms with Gasteiger partial charge in [-0.1, -0.05) is 5.16 Å². The molecule has 1 atom stereocenters. The highest BCUT2D eigenvalue weighted by molar-refractivity contribution is 7.89. The summed E-state index contributed by atoms with van der Waals surface area (Å²) in [4.78, 5) is 0. The smallest absolute Gasteiger partial charge is 0.212 e. The molecule has 1 aromatic rings. The first-order chi connectivity index (χ1) is 8.16. The van der Waals surface area contributed by atoms with Crippen LogP contribution >= 0.6 is 0 Å². The lowest BCUT2D eigenvalue weighted by atomic mass is 10.0. The predicted molar refractivity (Wildman–Crippen MR) is 62.7 cm³/mol. The van der Waals surface area contributed by atoms with Gasteiger partial charge in [-0.15, -0.1) is 0 Å². The Bertz CT molecular complexity index is 424. The number of nitrogens with one attached hydrogen (secondary N) is 2. The maximum absolute atomic E-state index is 11.8. The van der Waals surface area contributed by atoms with E-state index in [4.69, 9.17) is 0 Å². The summed E-state index contributed by atoms with van der Waals surface area (Å²) in [5.74, 6) is 0.385. The molecule has 0 saturated carbocycles. The molecule has 0 radical (unpaired) electrons. The fourth-order valence-corrected chi connectivity index (χ4v) is 3.34. The Morgan fingerprint density at radius 1 is 1.59 bits per heavy atom. The number of sulfonamides is 1. The van der Waals surface area contributed by atoms with Crippen LogP contribution in [-0.4, -0.2) is 32.4 Å². The van der Waals surface area contributed by atoms with Gasteiger partial charge in [0.25, 0.3) is 0 Å². The molecule has 1 aliphatic heterocycles. The van der Waals surface area contributed by atoms with Crippen LogP contribution in [0.2, 0.25) is 0 Å². The molecule has 17 heavy (non-hydrogen) atoms. The minimum atomic E-state index is -3.23. The molecule has 2 N–H and O–H groups in total. The number of aromatic nitrogens is 1. The Morgan fingerprint density at radius 2 is 2.47 bits per heavy atom. The van der Waals surface area contributed by atoms with E-state index >= 15 is 0 Å². The standard InChI is InChI=1S/C10H17N3O3S/c14-17(15,8-9-2-1-4-11-6-9)12-7-10-3-5-16-13-10/h3,5,9,11-12H,1-2,4,6-8H2. The van der Waals surface area contributed by atoms with Crippen LogP contribution in [0.3, 0.4) is 0 Å². The molecule has 1 fully saturated rings. The molecule has 6 nitrogen and oxygen atoms in total. The zero-order valence-electron chi connectivity index (χ0n) is 9.55. The SMILES string of the molecule is O=S(=O)(CC1CCCNC1)NCc1ccon1. The summed E-state index contributed by atoms with van der Waals surface area (Å²) in [5, 5.41) is 6.86. The van der Waals surface area contributed by atoms with Crippen LogP contribution in [-0.2, 0) is 16.6 Å². The monoisotopic (exact) mass is 259 g/mol. The summed E-state index contributed by atoms with van der Waals surface area (Å²) in [6.45, 7) is 1.97. The van der Waals surface area contributed by atoms with Gasteiger partial charge in [-0.3, -0.25) is 0 Å². The van der Waals surface area contributed by atoms with Gasteiger partial charge < -0.3 is 9.84 Å². The molecule has 1 aromatic heterocycles. The molecule has 1 saturated heterocycles. The number of hydrogen-bond donors (Lipinski definition) is 2. The van der Waals surface area contributed by atoms with Crippen molar-refractivity contribution in [1.29, 1.82) is 0 Å². The Labute approximate surface area is 101 Å². The fraction of sp³-hybridized carbons (Fsp3) is 0.700. The van der Waals surface area contributed by atoms with Crippen LogP contribution in [0.4, 0.5) is 0 Å². The van der Waals surface area contributed by atoms with Gasteiger partial charge in [0.1, 0.15) is 6.26 Å². The first-order valence-electron chi connectivity index (χ1n) is 5.73. The molecule has 0 aromatic carbocycles. The molecular formula is C10H17N3O3S. The molecule has 0 spiro atoms. The van der Waals surface area contributed by atoms with Crippen molar-refractivity contribution in [2.75, 3.05) is 18.8 Å². The lowest BCUT2D eigenvalue weighted by molar-refractivity contribution is 0.401. The summed E-state index contributed by atoms with van der Waals surface area (Å²) in [5.41, 5.74) is 0.593. The molecule has 1 aliphatic rings. The first kappa shape index (κ1) is 12.5. The minimum absolute atomic E-state index is 0.178. The van der Waals surface area contributed by atoms with Gasteiger partial charge in [-0.05, 0) is 31.8 Å². The molecule has 7 heteroatoms. The molecule has 96 valence electrons. The molecule has 0 bridgehead atoms. The van der Waals surface area contributed by atoms with E-state index in [1.807, 2.05) is 0 Å². The van der Waals surface area contributed by atoms with Crippen molar-refractivity contribution in [3.63, 3.8) is 0 Å². The van der Waals surface area contributed by atoms with Crippen molar-refractivity contribution in [2.24, 2.45) is 5.92 Å². The highest BCUT2D eigenvalue weighted by Gasteiger charge is 2.20. The molecule has 2 rings (SSSR count). The van der Waals surface area contributed by atoms with Gasteiger partial charge in [0.15, 0.2) is 0 Å². The van der Waals surface area contributed by atoms with Gasteiger partial charge in [0.05, 0.1) is 18.0 Å². The van der Waals surface area contributed by atoms with Crippen molar-refractivity contribution in [1.82, 2.24) is 15.2 Å². The van der Waals surface area contributed by atoms with Crippen molar-refractivity contribution < 1.29 is 12.9 Å². The molecule has 2 heterocycles. The summed E-state index contributed by atoms with van der Waals surface area (Å²) in [7, 11) is -3.23. The van der Waals surface area contributed by atoms with Crippen LogP contribution in [0, 0.1) is 5.92 Å². The second-order valence-electron chi connectivity index (χ2n) is 4.31. The van der Waals surface area contributed by atoms with E-state index in [0.29, 0.717) is 5.69 Å². The van der Waals surface area contributed by atoms with E-state index < -0.39 is 10.0 Å². The Hall–Kier alpha value is -0.920. The van der Waals surface area contributed by atoms with Crippen LogP contribution in [0.1, 0.15) is 18.5 Å². The maximum Gasteiger partial charge on any atom is 0.212 e. The Balaban J connectivity index is 1.81. The van der Waals surface area contributed by atoms with Crippen LogP contribution in [0.5, 0.6) is 0 Å². The number of rotatable bonds is 5. The van der Waals surface area contributed by atoms with Crippen molar-refractivity contribution >= 4 is 10.0 Å². The molecule has 1 unspecified atom stereocenters.